The summed E-state index contributed by atoms with van der Waals surface area (Å²) in [5, 5.41) is 17.4. The number of fused-ring (bicyclic) bond motifs is 1. The number of benzene rings is 1. The molecule has 1 aromatic carbocycles. The van der Waals surface area contributed by atoms with Crippen molar-refractivity contribution in [3.8, 4) is 5.75 Å². The molecule has 0 aliphatic rings. The maximum Gasteiger partial charge on any atom is 0.120 e. The second kappa shape index (κ2) is 2.62. The number of phenols is 1. The first kappa shape index (κ1) is 7.85. The summed E-state index contributed by atoms with van der Waals surface area (Å²) in [6.07, 6.45) is 0. The molecule has 12 heavy (non-hydrogen) atoms. The Morgan fingerprint density at radius 2 is 2.25 bits per heavy atom. The lowest BCUT2D eigenvalue weighted by atomic mass is 10.1. The van der Waals surface area contributed by atoms with Crippen molar-refractivity contribution in [2.24, 2.45) is 0 Å². The topological polar surface area (TPSA) is 48.9 Å². The van der Waals surface area contributed by atoms with Gasteiger partial charge in [-0.15, -0.1) is 0 Å². The minimum atomic E-state index is 0.297. The van der Waals surface area contributed by atoms with E-state index in [-0.39, 0.29) is 0 Å². The number of aromatic nitrogens is 2. The van der Waals surface area contributed by atoms with Crippen LogP contribution in [0.15, 0.2) is 12.1 Å². The molecule has 0 fully saturated rings. The van der Waals surface area contributed by atoms with E-state index in [1.807, 2.05) is 13.0 Å². The van der Waals surface area contributed by atoms with Crippen molar-refractivity contribution in [2.45, 2.75) is 6.92 Å². The maximum atomic E-state index is 9.37. The summed E-state index contributed by atoms with van der Waals surface area (Å²) in [5.74, 6) is 0.297. The second-order valence-corrected chi connectivity index (χ2v) is 3.72. The van der Waals surface area contributed by atoms with Crippen LogP contribution in [0.25, 0.3) is 10.9 Å². The van der Waals surface area contributed by atoms with Crippen molar-refractivity contribution in [3.63, 3.8) is 0 Å². The highest BCUT2D eigenvalue weighted by Crippen LogP contribution is 2.26. The highest BCUT2D eigenvalue weighted by molar-refractivity contribution is 14.1. The largest absolute Gasteiger partial charge is 0.508 e. The number of rotatable bonds is 0. The summed E-state index contributed by atoms with van der Waals surface area (Å²) in [4.78, 5) is 0. The number of hydrogen-bond donors (Lipinski definition) is 2. The zero-order valence-corrected chi connectivity index (χ0v) is 8.58. The van der Waals surface area contributed by atoms with Gasteiger partial charge in [-0.3, -0.25) is 5.10 Å². The van der Waals surface area contributed by atoms with E-state index in [1.165, 1.54) is 0 Å². The molecule has 62 valence electrons. The molecule has 4 heteroatoms. The summed E-state index contributed by atoms with van der Waals surface area (Å²) in [5.41, 5.74) is 1.67. The molecule has 0 atom stereocenters. The first-order valence-electron chi connectivity index (χ1n) is 3.52. The SMILES string of the molecule is Cc1c(O)ccc2c(I)[nH]nc12. The number of aromatic amines is 1. The van der Waals surface area contributed by atoms with Crippen molar-refractivity contribution < 1.29 is 5.11 Å². The minimum Gasteiger partial charge on any atom is -0.508 e. The number of halogens is 1. The van der Waals surface area contributed by atoms with E-state index in [9.17, 15) is 5.11 Å². The molecule has 2 rings (SSSR count). The molecule has 0 amide bonds. The Hall–Kier alpha value is -0.780. The van der Waals surface area contributed by atoms with E-state index in [0.29, 0.717) is 5.75 Å². The maximum absolute atomic E-state index is 9.37. The highest BCUT2D eigenvalue weighted by atomic mass is 127. The molecule has 3 nitrogen and oxygen atoms in total. The first-order valence-corrected chi connectivity index (χ1v) is 4.60. The standard InChI is InChI=1S/C8H7IN2O/c1-4-6(12)3-2-5-7(4)10-11-8(5)9/h2-3,12H,1H3,(H,10,11). The first-order chi connectivity index (χ1) is 5.70. The predicted molar refractivity (Wildman–Crippen MR) is 55.2 cm³/mol. The summed E-state index contributed by atoms with van der Waals surface area (Å²) < 4.78 is 1.01. The van der Waals surface area contributed by atoms with Gasteiger partial charge >= 0.3 is 0 Å². The number of nitrogens with one attached hydrogen (secondary N) is 1. The molecule has 2 aromatic rings. The van der Waals surface area contributed by atoms with Crippen molar-refractivity contribution >= 4 is 33.5 Å². The van der Waals surface area contributed by atoms with E-state index in [4.69, 9.17) is 0 Å². The quantitative estimate of drug-likeness (QED) is 0.723. The molecule has 1 aromatic heterocycles. The van der Waals surface area contributed by atoms with Crippen LogP contribution < -0.4 is 0 Å². The van der Waals surface area contributed by atoms with Gasteiger partial charge in [0.25, 0.3) is 0 Å². The van der Waals surface area contributed by atoms with Crippen molar-refractivity contribution in [3.05, 3.63) is 21.4 Å². The van der Waals surface area contributed by atoms with Crippen LogP contribution in [-0.2, 0) is 0 Å². The Kier molecular flexibility index (Phi) is 1.71. The van der Waals surface area contributed by atoms with Gasteiger partial charge in [-0.1, -0.05) is 0 Å². The zero-order chi connectivity index (χ0) is 8.72. The minimum absolute atomic E-state index is 0.297. The van der Waals surface area contributed by atoms with Crippen LogP contribution >= 0.6 is 22.6 Å². The van der Waals surface area contributed by atoms with Gasteiger partial charge in [-0.25, -0.2) is 0 Å². The third-order valence-corrected chi connectivity index (χ3v) is 2.73. The summed E-state index contributed by atoms with van der Waals surface area (Å²) in [6.45, 7) is 1.86. The third kappa shape index (κ3) is 0.979. The van der Waals surface area contributed by atoms with Crippen LogP contribution in [0.1, 0.15) is 5.56 Å². The van der Waals surface area contributed by atoms with E-state index < -0.39 is 0 Å². The lowest BCUT2D eigenvalue weighted by Crippen LogP contribution is -1.77. The Bertz CT molecular complexity index is 436. The molecule has 0 radical (unpaired) electrons. The van der Waals surface area contributed by atoms with Gasteiger partial charge < -0.3 is 5.11 Å². The molecule has 0 saturated carbocycles. The molecule has 0 saturated heterocycles. The molecule has 0 aliphatic heterocycles. The normalized spacial score (nSPS) is 10.8. The van der Waals surface area contributed by atoms with Crippen molar-refractivity contribution in [1.82, 2.24) is 10.2 Å². The monoisotopic (exact) mass is 274 g/mol. The Labute approximate surface area is 82.9 Å². The van der Waals surface area contributed by atoms with Gasteiger partial charge in [-0.2, -0.15) is 5.10 Å². The van der Waals surface area contributed by atoms with E-state index in [0.717, 1.165) is 20.2 Å². The third-order valence-electron chi connectivity index (χ3n) is 1.90. The van der Waals surface area contributed by atoms with Crippen LogP contribution in [0, 0.1) is 10.6 Å². The fraction of sp³-hybridized carbons (Fsp3) is 0.125. The zero-order valence-electron chi connectivity index (χ0n) is 6.43. The number of aromatic hydroxyl groups is 1. The number of aryl methyl sites for hydroxylation is 1. The van der Waals surface area contributed by atoms with Crippen LogP contribution in [0.4, 0.5) is 0 Å². The number of H-pyrrole nitrogens is 1. The lowest BCUT2D eigenvalue weighted by Gasteiger charge is -1.97. The highest BCUT2D eigenvalue weighted by Gasteiger charge is 2.07. The van der Waals surface area contributed by atoms with Crippen LogP contribution in [0.2, 0.25) is 0 Å². The van der Waals surface area contributed by atoms with Gasteiger partial charge in [-0.05, 0) is 41.6 Å². The fourth-order valence-corrected chi connectivity index (χ4v) is 1.73. The van der Waals surface area contributed by atoms with E-state index in [2.05, 4.69) is 32.8 Å². The van der Waals surface area contributed by atoms with Crippen LogP contribution in [-0.4, -0.2) is 15.3 Å². The van der Waals surface area contributed by atoms with Crippen LogP contribution in [0.3, 0.4) is 0 Å². The fourth-order valence-electron chi connectivity index (χ4n) is 1.18. The average molecular weight is 274 g/mol. The molecule has 0 aliphatic carbocycles. The Morgan fingerprint density at radius 1 is 1.50 bits per heavy atom. The summed E-state index contributed by atoms with van der Waals surface area (Å²) >= 11 is 2.18. The number of nitrogens with zero attached hydrogens (tertiary/aromatic N) is 1. The molecule has 1 heterocycles. The van der Waals surface area contributed by atoms with Crippen molar-refractivity contribution in [2.75, 3.05) is 0 Å². The molecular weight excluding hydrogens is 267 g/mol. The molecule has 0 unspecified atom stereocenters. The summed E-state index contributed by atoms with van der Waals surface area (Å²) in [7, 11) is 0. The Morgan fingerprint density at radius 3 is 3.00 bits per heavy atom. The van der Waals surface area contributed by atoms with E-state index in [1.54, 1.807) is 6.07 Å². The van der Waals surface area contributed by atoms with Crippen molar-refractivity contribution in [1.29, 1.82) is 0 Å². The molecule has 0 spiro atoms. The number of phenolic OH excluding ortho intramolecular Hbond substituents is 1. The summed E-state index contributed by atoms with van der Waals surface area (Å²) in [6, 6.07) is 3.55. The molecule has 0 bridgehead atoms. The van der Waals surface area contributed by atoms with Gasteiger partial charge in [0.1, 0.15) is 9.45 Å². The van der Waals surface area contributed by atoms with Gasteiger partial charge in [0, 0.05) is 10.9 Å². The van der Waals surface area contributed by atoms with E-state index >= 15 is 0 Å². The lowest BCUT2D eigenvalue weighted by molar-refractivity contribution is 0.472. The van der Waals surface area contributed by atoms with Gasteiger partial charge in [0.15, 0.2) is 0 Å². The second-order valence-electron chi connectivity index (χ2n) is 2.64. The number of hydrogen-bond acceptors (Lipinski definition) is 2. The smallest absolute Gasteiger partial charge is 0.120 e. The predicted octanol–water partition coefficient (Wildman–Crippen LogP) is 2.18. The van der Waals surface area contributed by atoms with Crippen LogP contribution in [0.5, 0.6) is 5.75 Å². The molecule has 2 N–H and O–H groups in total. The van der Waals surface area contributed by atoms with Gasteiger partial charge in [0.2, 0.25) is 0 Å². The Balaban J connectivity index is 2.93. The van der Waals surface area contributed by atoms with Gasteiger partial charge in [0.05, 0.1) is 5.52 Å². The average Bonchev–Trinajstić information content (AvgIpc) is 2.41. The molecular formula is C8H7IN2O.